The standard InChI is InChI=1S/C14H21N3O/c1-11(14(15)18)12-3-5-13(6-4-12)17-9-7-16(2)8-10-17/h3-6,11H,7-10H2,1-2H3,(H2,15,18). The summed E-state index contributed by atoms with van der Waals surface area (Å²) in [5, 5.41) is 0. The van der Waals surface area contributed by atoms with Gasteiger partial charge in [-0.15, -0.1) is 0 Å². The van der Waals surface area contributed by atoms with E-state index in [9.17, 15) is 4.79 Å². The van der Waals surface area contributed by atoms with Crippen LogP contribution in [0.25, 0.3) is 0 Å². The summed E-state index contributed by atoms with van der Waals surface area (Å²) in [4.78, 5) is 15.8. The quantitative estimate of drug-likeness (QED) is 0.868. The predicted octanol–water partition coefficient (Wildman–Crippen LogP) is 1.03. The molecule has 1 aliphatic rings. The SMILES string of the molecule is CC(C(N)=O)c1ccc(N2CCN(C)CC2)cc1. The third kappa shape index (κ3) is 2.82. The number of nitrogens with zero attached hydrogens (tertiary/aromatic N) is 2. The van der Waals surface area contributed by atoms with Crippen molar-refractivity contribution in [3.63, 3.8) is 0 Å². The number of hydrogen-bond donors (Lipinski definition) is 1. The molecule has 0 bridgehead atoms. The summed E-state index contributed by atoms with van der Waals surface area (Å²) in [7, 11) is 2.15. The van der Waals surface area contributed by atoms with Gasteiger partial charge in [-0.1, -0.05) is 12.1 Å². The number of amides is 1. The molecule has 1 atom stereocenters. The van der Waals surface area contributed by atoms with Crippen LogP contribution in [-0.4, -0.2) is 44.0 Å². The number of carbonyl (C=O) groups excluding carboxylic acids is 1. The number of primary amides is 1. The number of benzene rings is 1. The summed E-state index contributed by atoms with van der Waals surface area (Å²) in [5.41, 5.74) is 7.52. The minimum Gasteiger partial charge on any atom is -0.369 e. The van der Waals surface area contributed by atoms with Crippen LogP contribution in [0, 0.1) is 0 Å². The van der Waals surface area contributed by atoms with Crippen LogP contribution in [0.2, 0.25) is 0 Å². The maximum absolute atomic E-state index is 11.1. The second kappa shape index (κ2) is 5.40. The largest absolute Gasteiger partial charge is 0.369 e. The van der Waals surface area contributed by atoms with Gasteiger partial charge in [-0.3, -0.25) is 4.79 Å². The lowest BCUT2D eigenvalue weighted by Gasteiger charge is -2.34. The van der Waals surface area contributed by atoms with Crippen LogP contribution < -0.4 is 10.6 Å². The highest BCUT2D eigenvalue weighted by Crippen LogP contribution is 2.21. The van der Waals surface area contributed by atoms with E-state index in [0.717, 1.165) is 31.7 Å². The molecule has 0 spiro atoms. The molecule has 98 valence electrons. The zero-order chi connectivity index (χ0) is 13.1. The van der Waals surface area contributed by atoms with Crippen LogP contribution in [0.5, 0.6) is 0 Å². The number of piperazine rings is 1. The van der Waals surface area contributed by atoms with Crippen LogP contribution in [-0.2, 0) is 4.79 Å². The van der Waals surface area contributed by atoms with Crippen molar-refractivity contribution in [3.05, 3.63) is 29.8 Å². The lowest BCUT2D eigenvalue weighted by molar-refractivity contribution is -0.119. The highest BCUT2D eigenvalue weighted by molar-refractivity contribution is 5.81. The molecule has 1 aliphatic heterocycles. The van der Waals surface area contributed by atoms with E-state index in [1.165, 1.54) is 5.69 Å². The van der Waals surface area contributed by atoms with E-state index in [1.54, 1.807) is 0 Å². The van der Waals surface area contributed by atoms with E-state index >= 15 is 0 Å². The molecular formula is C14H21N3O. The summed E-state index contributed by atoms with van der Waals surface area (Å²) >= 11 is 0. The highest BCUT2D eigenvalue weighted by Gasteiger charge is 2.15. The fraction of sp³-hybridized carbons (Fsp3) is 0.500. The van der Waals surface area contributed by atoms with E-state index < -0.39 is 0 Å². The van der Waals surface area contributed by atoms with E-state index in [0.29, 0.717) is 0 Å². The molecule has 0 aliphatic carbocycles. The first-order chi connectivity index (χ1) is 8.58. The van der Waals surface area contributed by atoms with E-state index in [1.807, 2.05) is 19.1 Å². The molecule has 2 rings (SSSR count). The van der Waals surface area contributed by atoms with Gasteiger partial charge in [-0.05, 0) is 31.7 Å². The second-order valence-corrected chi connectivity index (χ2v) is 5.01. The summed E-state index contributed by atoms with van der Waals surface area (Å²) in [6.45, 7) is 6.15. The van der Waals surface area contributed by atoms with E-state index in [-0.39, 0.29) is 11.8 Å². The van der Waals surface area contributed by atoms with Crippen LogP contribution in [0.4, 0.5) is 5.69 Å². The zero-order valence-electron chi connectivity index (χ0n) is 11.1. The van der Waals surface area contributed by atoms with Crippen LogP contribution >= 0.6 is 0 Å². The summed E-state index contributed by atoms with van der Waals surface area (Å²) in [6, 6.07) is 8.17. The minimum atomic E-state index is -0.276. The van der Waals surface area contributed by atoms with Crippen LogP contribution in [0.15, 0.2) is 24.3 Å². The Morgan fingerprint density at radius 1 is 1.17 bits per heavy atom. The van der Waals surface area contributed by atoms with Crippen molar-refractivity contribution in [2.75, 3.05) is 38.1 Å². The van der Waals surface area contributed by atoms with Crippen molar-refractivity contribution in [1.29, 1.82) is 0 Å². The first-order valence-electron chi connectivity index (χ1n) is 6.40. The summed E-state index contributed by atoms with van der Waals surface area (Å²) in [6.07, 6.45) is 0. The van der Waals surface area contributed by atoms with Crippen molar-refractivity contribution in [3.8, 4) is 0 Å². The van der Waals surface area contributed by atoms with Crippen molar-refractivity contribution >= 4 is 11.6 Å². The van der Waals surface area contributed by atoms with Gasteiger partial charge < -0.3 is 15.5 Å². The molecule has 1 saturated heterocycles. The fourth-order valence-electron chi connectivity index (χ4n) is 2.20. The van der Waals surface area contributed by atoms with Crippen LogP contribution in [0.3, 0.4) is 0 Å². The Bertz CT molecular complexity index is 408. The van der Waals surface area contributed by atoms with Gasteiger partial charge in [0, 0.05) is 31.9 Å². The number of hydrogen-bond acceptors (Lipinski definition) is 3. The monoisotopic (exact) mass is 247 g/mol. The summed E-state index contributed by atoms with van der Waals surface area (Å²) < 4.78 is 0. The third-order valence-electron chi connectivity index (χ3n) is 3.69. The molecule has 2 N–H and O–H groups in total. The van der Waals surface area contributed by atoms with Gasteiger partial charge in [0.25, 0.3) is 0 Å². The second-order valence-electron chi connectivity index (χ2n) is 5.01. The molecule has 1 aromatic rings. The molecule has 1 heterocycles. The van der Waals surface area contributed by atoms with Crippen molar-refractivity contribution in [1.82, 2.24) is 4.90 Å². The van der Waals surface area contributed by atoms with Gasteiger partial charge in [0.1, 0.15) is 0 Å². The Hall–Kier alpha value is -1.55. The van der Waals surface area contributed by atoms with Crippen molar-refractivity contribution in [2.24, 2.45) is 5.73 Å². The number of anilines is 1. The number of rotatable bonds is 3. The maximum atomic E-state index is 11.1. The molecule has 1 fully saturated rings. The van der Waals surface area contributed by atoms with Gasteiger partial charge in [-0.2, -0.15) is 0 Å². The fourth-order valence-corrected chi connectivity index (χ4v) is 2.20. The molecule has 4 nitrogen and oxygen atoms in total. The van der Waals surface area contributed by atoms with Gasteiger partial charge in [0.05, 0.1) is 5.92 Å². The maximum Gasteiger partial charge on any atom is 0.224 e. The molecule has 1 amide bonds. The van der Waals surface area contributed by atoms with Gasteiger partial charge in [0.15, 0.2) is 0 Å². The van der Waals surface area contributed by atoms with E-state index in [4.69, 9.17) is 5.73 Å². The molecule has 0 saturated carbocycles. The van der Waals surface area contributed by atoms with Crippen molar-refractivity contribution < 1.29 is 4.79 Å². The molecule has 0 radical (unpaired) electrons. The first kappa shape index (κ1) is 12.9. The highest BCUT2D eigenvalue weighted by atomic mass is 16.1. The topological polar surface area (TPSA) is 49.6 Å². The molecule has 1 unspecified atom stereocenters. The first-order valence-corrected chi connectivity index (χ1v) is 6.40. The van der Waals surface area contributed by atoms with E-state index in [2.05, 4.69) is 29.0 Å². The minimum absolute atomic E-state index is 0.216. The summed E-state index contributed by atoms with van der Waals surface area (Å²) in [5.74, 6) is -0.492. The smallest absolute Gasteiger partial charge is 0.224 e. The predicted molar refractivity (Wildman–Crippen MR) is 73.8 cm³/mol. The Morgan fingerprint density at radius 2 is 1.72 bits per heavy atom. The lowest BCUT2D eigenvalue weighted by atomic mass is 10.0. The molecular weight excluding hydrogens is 226 g/mol. The number of carbonyl (C=O) groups is 1. The Labute approximate surface area is 108 Å². The Balaban J connectivity index is 2.06. The average Bonchev–Trinajstić information content (AvgIpc) is 2.39. The van der Waals surface area contributed by atoms with Gasteiger partial charge in [0.2, 0.25) is 5.91 Å². The lowest BCUT2D eigenvalue weighted by Crippen LogP contribution is -2.44. The Morgan fingerprint density at radius 3 is 2.22 bits per heavy atom. The van der Waals surface area contributed by atoms with Crippen LogP contribution in [0.1, 0.15) is 18.4 Å². The molecule has 1 aromatic carbocycles. The third-order valence-corrected chi connectivity index (χ3v) is 3.69. The average molecular weight is 247 g/mol. The zero-order valence-corrected chi connectivity index (χ0v) is 11.1. The molecule has 0 aromatic heterocycles. The molecule has 4 heteroatoms. The Kier molecular flexibility index (Phi) is 3.87. The normalized spacial score (nSPS) is 18.7. The van der Waals surface area contributed by atoms with Gasteiger partial charge >= 0.3 is 0 Å². The van der Waals surface area contributed by atoms with Gasteiger partial charge in [-0.25, -0.2) is 0 Å². The molecule has 18 heavy (non-hydrogen) atoms. The van der Waals surface area contributed by atoms with Crippen molar-refractivity contribution in [2.45, 2.75) is 12.8 Å². The number of nitrogens with two attached hydrogens (primary N) is 1. The number of likely N-dealkylation sites (N-methyl/N-ethyl adjacent to an activating group) is 1.